The molecular weight excluding hydrogens is 322 g/mol. The highest BCUT2D eigenvalue weighted by atomic mass is 16.3. The maximum absolute atomic E-state index is 12.2. The van der Waals surface area contributed by atoms with Crippen molar-refractivity contribution >= 4 is 23.5 Å². The molecule has 8 heteroatoms. The zero-order valence-corrected chi connectivity index (χ0v) is 14.2. The van der Waals surface area contributed by atoms with Gasteiger partial charge in [0.15, 0.2) is 11.7 Å². The van der Waals surface area contributed by atoms with E-state index in [1.807, 2.05) is 0 Å². The SMILES string of the molecule is Cc1ccc(C(=O)Nc2ccnc(C3(C)CC(=O)N(C)C(N)=N3)c2)o1. The molecule has 1 unspecified atom stereocenters. The van der Waals surface area contributed by atoms with Gasteiger partial charge in [-0.25, -0.2) is 4.99 Å². The van der Waals surface area contributed by atoms with Crippen LogP contribution in [0.3, 0.4) is 0 Å². The maximum Gasteiger partial charge on any atom is 0.291 e. The van der Waals surface area contributed by atoms with Crippen LogP contribution in [-0.4, -0.2) is 34.7 Å². The first kappa shape index (κ1) is 16.7. The summed E-state index contributed by atoms with van der Waals surface area (Å²) < 4.78 is 5.31. The standard InChI is InChI=1S/C17H19N5O3/c1-10-4-5-12(25-10)15(24)20-11-6-7-19-13(8-11)17(2)9-14(23)22(3)16(18)21-17/h4-8H,9H2,1-3H3,(H2,18,21)(H,19,20,24). The number of anilines is 1. The first-order valence-corrected chi connectivity index (χ1v) is 7.75. The number of nitrogens with two attached hydrogens (primary N) is 1. The molecule has 2 aromatic rings. The lowest BCUT2D eigenvalue weighted by molar-refractivity contribution is -0.128. The maximum atomic E-state index is 12.2. The molecule has 130 valence electrons. The Morgan fingerprint density at radius 2 is 2.16 bits per heavy atom. The number of rotatable bonds is 3. The number of aromatic nitrogens is 1. The molecule has 0 bridgehead atoms. The summed E-state index contributed by atoms with van der Waals surface area (Å²) in [5.41, 5.74) is 6.02. The first-order valence-electron chi connectivity index (χ1n) is 7.75. The van der Waals surface area contributed by atoms with Crippen LogP contribution in [0.4, 0.5) is 5.69 Å². The zero-order valence-electron chi connectivity index (χ0n) is 14.2. The van der Waals surface area contributed by atoms with Gasteiger partial charge in [0.05, 0.1) is 12.1 Å². The van der Waals surface area contributed by atoms with Crippen LogP contribution in [0, 0.1) is 6.92 Å². The van der Waals surface area contributed by atoms with Gasteiger partial charge in [-0.2, -0.15) is 0 Å². The van der Waals surface area contributed by atoms with Crippen LogP contribution in [0.1, 0.15) is 35.4 Å². The molecule has 0 aromatic carbocycles. The van der Waals surface area contributed by atoms with Crippen molar-refractivity contribution in [2.24, 2.45) is 10.7 Å². The molecule has 0 saturated heterocycles. The van der Waals surface area contributed by atoms with Gasteiger partial charge in [-0.15, -0.1) is 0 Å². The number of guanidine groups is 1. The van der Waals surface area contributed by atoms with E-state index in [1.165, 1.54) is 4.90 Å². The molecule has 3 rings (SSSR count). The van der Waals surface area contributed by atoms with Crippen LogP contribution in [0.25, 0.3) is 0 Å². The Kier molecular flexibility index (Phi) is 4.03. The lowest BCUT2D eigenvalue weighted by Crippen LogP contribution is -2.47. The monoisotopic (exact) mass is 341 g/mol. The number of aliphatic imine (C=N–C) groups is 1. The Morgan fingerprint density at radius 1 is 1.40 bits per heavy atom. The molecule has 1 aliphatic rings. The molecule has 1 atom stereocenters. The first-order chi connectivity index (χ1) is 11.8. The van der Waals surface area contributed by atoms with E-state index in [0.717, 1.165) is 0 Å². The molecule has 3 N–H and O–H groups in total. The van der Waals surface area contributed by atoms with E-state index in [2.05, 4.69) is 15.3 Å². The Labute approximate surface area is 144 Å². The lowest BCUT2D eigenvalue weighted by Gasteiger charge is -2.32. The molecule has 0 spiro atoms. The normalized spacial score (nSPS) is 20.4. The summed E-state index contributed by atoms with van der Waals surface area (Å²) in [6.07, 6.45) is 1.70. The quantitative estimate of drug-likeness (QED) is 0.880. The van der Waals surface area contributed by atoms with Crippen molar-refractivity contribution < 1.29 is 14.0 Å². The zero-order chi connectivity index (χ0) is 18.2. The Hall–Kier alpha value is -3.16. The number of furan rings is 1. The number of hydrogen-bond donors (Lipinski definition) is 2. The average Bonchev–Trinajstić information content (AvgIpc) is 2.99. The highest BCUT2D eigenvalue weighted by Gasteiger charge is 2.37. The van der Waals surface area contributed by atoms with E-state index in [4.69, 9.17) is 10.2 Å². The average molecular weight is 341 g/mol. The Balaban J connectivity index is 1.87. The van der Waals surface area contributed by atoms with E-state index < -0.39 is 5.54 Å². The largest absolute Gasteiger partial charge is 0.456 e. The third-order valence-corrected chi connectivity index (χ3v) is 4.11. The second-order valence-corrected chi connectivity index (χ2v) is 6.17. The number of nitrogens with one attached hydrogen (secondary N) is 1. The second-order valence-electron chi connectivity index (χ2n) is 6.17. The predicted octanol–water partition coefficient (Wildman–Crippen LogP) is 1.63. The van der Waals surface area contributed by atoms with Crippen molar-refractivity contribution in [2.45, 2.75) is 25.8 Å². The van der Waals surface area contributed by atoms with Crippen molar-refractivity contribution in [3.05, 3.63) is 47.7 Å². The molecule has 0 aliphatic carbocycles. The Bertz CT molecular complexity index is 873. The summed E-state index contributed by atoms with van der Waals surface area (Å²) in [5, 5.41) is 2.75. The highest BCUT2D eigenvalue weighted by Crippen LogP contribution is 2.32. The lowest BCUT2D eigenvalue weighted by atomic mass is 9.91. The molecule has 0 radical (unpaired) electrons. The van der Waals surface area contributed by atoms with E-state index in [-0.39, 0.29) is 30.0 Å². The number of amides is 2. The second kappa shape index (κ2) is 6.04. The van der Waals surface area contributed by atoms with Gasteiger partial charge in [-0.3, -0.25) is 19.5 Å². The van der Waals surface area contributed by atoms with Crippen LogP contribution >= 0.6 is 0 Å². The number of carbonyl (C=O) groups is 2. The molecule has 1 aliphatic heterocycles. The molecule has 2 aromatic heterocycles. The van der Waals surface area contributed by atoms with Crippen LogP contribution < -0.4 is 11.1 Å². The van der Waals surface area contributed by atoms with E-state index in [9.17, 15) is 9.59 Å². The molecule has 0 saturated carbocycles. The fourth-order valence-electron chi connectivity index (χ4n) is 2.61. The summed E-state index contributed by atoms with van der Waals surface area (Å²) in [5.74, 6) is 0.512. The van der Waals surface area contributed by atoms with Crippen LogP contribution in [0.5, 0.6) is 0 Å². The summed E-state index contributed by atoms with van der Waals surface area (Å²) in [4.78, 5) is 34.3. The van der Waals surface area contributed by atoms with Gasteiger partial charge in [0.2, 0.25) is 5.91 Å². The van der Waals surface area contributed by atoms with Crippen LogP contribution in [0.15, 0.2) is 39.9 Å². The van der Waals surface area contributed by atoms with Crippen LogP contribution in [0.2, 0.25) is 0 Å². The van der Waals surface area contributed by atoms with E-state index in [0.29, 0.717) is 17.1 Å². The summed E-state index contributed by atoms with van der Waals surface area (Å²) in [7, 11) is 1.58. The van der Waals surface area contributed by atoms with E-state index in [1.54, 1.807) is 51.4 Å². The number of nitrogens with zero attached hydrogens (tertiary/aromatic N) is 3. The van der Waals surface area contributed by atoms with Crippen molar-refractivity contribution in [3.63, 3.8) is 0 Å². The number of aryl methyl sites for hydroxylation is 1. The van der Waals surface area contributed by atoms with Gasteiger partial charge in [-0.1, -0.05) is 0 Å². The number of pyridine rings is 1. The minimum Gasteiger partial charge on any atom is -0.456 e. The summed E-state index contributed by atoms with van der Waals surface area (Å²) in [6.45, 7) is 3.55. The topological polar surface area (TPSA) is 114 Å². The van der Waals surface area contributed by atoms with Crippen molar-refractivity contribution in [2.75, 3.05) is 12.4 Å². The fraction of sp³-hybridized carbons (Fsp3) is 0.294. The number of hydrogen-bond acceptors (Lipinski definition) is 6. The fourth-order valence-corrected chi connectivity index (χ4v) is 2.61. The minimum atomic E-state index is -0.879. The van der Waals surface area contributed by atoms with Gasteiger partial charge < -0.3 is 15.5 Å². The third kappa shape index (κ3) is 3.23. The highest BCUT2D eigenvalue weighted by molar-refractivity contribution is 6.02. The minimum absolute atomic E-state index is 0.140. The van der Waals surface area contributed by atoms with Gasteiger partial charge in [0.25, 0.3) is 5.91 Å². The van der Waals surface area contributed by atoms with Gasteiger partial charge in [-0.05, 0) is 38.1 Å². The molecule has 8 nitrogen and oxygen atoms in total. The van der Waals surface area contributed by atoms with Crippen molar-refractivity contribution in [1.82, 2.24) is 9.88 Å². The van der Waals surface area contributed by atoms with Crippen LogP contribution in [-0.2, 0) is 10.3 Å². The number of carbonyl (C=O) groups excluding carboxylic acids is 2. The molecular formula is C17H19N5O3. The molecule has 3 heterocycles. The van der Waals surface area contributed by atoms with Gasteiger partial charge in [0, 0.05) is 18.9 Å². The Morgan fingerprint density at radius 3 is 2.80 bits per heavy atom. The smallest absolute Gasteiger partial charge is 0.291 e. The third-order valence-electron chi connectivity index (χ3n) is 4.11. The van der Waals surface area contributed by atoms with Gasteiger partial charge >= 0.3 is 0 Å². The molecule has 0 fully saturated rings. The summed E-state index contributed by atoms with van der Waals surface area (Å²) in [6, 6.07) is 6.66. The van der Waals surface area contributed by atoms with Crippen molar-refractivity contribution in [3.8, 4) is 0 Å². The summed E-state index contributed by atoms with van der Waals surface area (Å²) >= 11 is 0. The van der Waals surface area contributed by atoms with E-state index >= 15 is 0 Å². The molecule has 25 heavy (non-hydrogen) atoms. The van der Waals surface area contributed by atoms with Gasteiger partial charge in [0.1, 0.15) is 11.3 Å². The van der Waals surface area contributed by atoms with Crippen molar-refractivity contribution in [1.29, 1.82) is 0 Å². The molecule has 2 amide bonds. The predicted molar refractivity (Wildman–Crippen MR) is 92.0 cm³/mol.